The third kappa shape index (κ3) is 3.26. The van der Waals surface area contributed by atoms with Gasteiger partial charge in [-0.3, -0.25) is 9.69 Å². The van der Waals surface area contributed by atoms with Gasteiger partial charge in [0.25, 0.3) is 0 Å². The number of piperidine rings is 1. The molecule has 0 bridgehead atoms. The third-order valence-corrected chi connectivity index (χ3v) is 4.21. The number of Topliss-reactive ketones (excluding diaryl/α,β-unsaturated/α-hetero) is 1. The molecule has 5 nitrogen and oxygen atoms in total. The van der Waals surface area contributed by atoms with E-state index in [2.05, 4.69) is 4.90 Å². The first-order chi connectivity index (χ1) is 10.2. The molecule has 1 aromatic rings. The van der Waals surface area contributed by atoms with Crippen LogP contribution in [-0.2, 0) is 9.47 Å². The van der Waals surface area contributed by atoms with Gasteiger partial charge in [0, 0.05) is 31.5 Å². The molecule has 2 saturated heterocycles. The predicted octanol–water partition coefficient (Wildman–Crippen LogP) is 1.72. The summed E-state index contributed by atoms with van der Waals surface area (Å²) in [6, 6.07) is 7.27. The smallest absolute Gasteiger partial charge is 0.176 e. The van der Waals surface area contributed by atoms with Crippen molar-refractivity contribution < 1.29 is 19.0 Å². The van der Waals surface area contributed by atoms with Crippen molar-refractivity contribution >= 4 is 5.78 Å². The number of hydrogen-bond acceptors (Lipinski definition) is 5. The second-order valence-corrected chi connectivity index (χ2v) is 5.54. The van der Waals surface area contributed by atoms with Crippen LogP contribution < -0.4 is 4.74 Å². The Labute approximate surface area is 124 Å². The summed E-state index contributed by atoms with van der Waals surface area (Å²) in [6.07, 6.45) is 1.67. The Morgan fingerprint density at radius 3 is 2.38 bits per heavy atom. The zero-order valence-corrected chi connectivity index (χ0v) is 12.3. The summed E-state index contributed by atoms with van der Waals surface area (Å²) < 4.78 is 16.5. The average molecular weight is 291 g/mol. The van der Waals surface area contributed by atoms with Crippen molar-refractivity contribution in [1.82, 2.24) is 4.90 Å². The molecule has 0 radical (unpaired) electrons. The first-order valence-electron chi connectivity index (χ1n) is 7.38. The molecule has 2 heterocycles. The maximum Gasteiger partial charge on any atom is 0.176 e. The van der Waals surface area contributed by atoms with Crippen LogP contribution in [0.5, 0.6) is 5.75 Å². The zero-order chi connectivity index (χ0) is 14.7. The SMILES string of the molecule is COc1ccc(C(=O)CN2CCC3(CC2)OCCO3)cc1. The van der Waals surface area contributed by atoms with Crippen LogP contribution in [-0.4, -0.2) is 56.4 Å². The fourth-order valence-electron chi connectivity index (χ4n) is 2.91. The summed E-state index contributed by atoms with van der Waals surface area (Å²) in [4.78, 5) is 14.4. The van der Waals surface area contributed by atoms with Crippen LogP contribution in [0.3, 0.4) is 0 Å². The average Bonchev–Trinajstić information content (AvgIpc) is 2.98. The molecule has 1 aromatic carbocycles. The Morgan fingerprint density at radius 1 is 1.19 bits per heavy atom. The van der Waals surface area contributed by atoms with E-state index < -0.39 is 0 Å². The van der Waals surface area contributed by atoms with Crippen LogP contribution in [0.2, 0.25) is 0 Å². The minimum absolute atomic E-state index is 0.141. The molecule has 114 valence electrons. The maximum absolute atomic E-state index is 12.3. The van der Waals surface area contributed by atoms with E-state index in [0.29, 0.717) is 19.8 Å². The first kappa shape index (κ1) is 14.5. The Bertz CT molecular complexity index is 484. The molecular weight excluding hydrogens is 270 g/mol. The molecule has 0 aromatic heterocycles. The number of hydrogen-bond donors (Lipinski definition) is 0. The van der Waals surface area contributed by atoms with E-state index in [9.17, 15) is 4.79 Å². The molecular formula is C16H21NO4. The van der Waals surface area contributed by atoms with Crippen molar-refractivity contribution in [3.63, 3.8) is 0 Å². The topological polar surface area (TPSA) is 48.0 Å². The standard InChI is InChI=1S/C16H21NO4/c1-19-14-4-2-13(3-5-14)15(18)12-17-8-6-16(7-9-17)20-10-11-21-16/h2-5H,6-12H2,1H3. The highest BCUT2D eigenvalue weighted by atomic mass is 16.7. The van der Waals surface area contributed by atoms with Crippen molar-refractivity contribution in [1.29, 1.82) is 0 Å². The maximum atomic E-state index is 12.3. The molecule has 21 heavy (non-hydrogen) atoms. The lowest BCUT2D eigenvalue weighted by molar-refractivity contribution is -0.184. The molecule has 2 aliphatic rings. The summed E-state index contributed by atoms with van der Waals surface area (Å²) in [7, 11) is 1.62. The lowest BCUT2D eigenvalue weighted by Crippen LogP contribution is -2.46. The molecule has 5 heteroatoms. The number of methoxy groups -OCH3 is 1. The number of likely N-dealkylation sites (tertiary alicyclic amines) is 1. The van der Waals surface area contributed by atoms with Crippen LogP contribution in [0.1, 0.15) is 23.2 Å². The van der Waals surface area contributed by atoms with E-state index in [1.54, 1.807) is 7.11 Å². The Balaban J connectivity index is 1.53. The zero-order valence-electron chi connectivity index (χ0n) is 12.3. The van der Waals surface area contributed by atoms with Crippen molar-refractivity contribution in [3.8, 4) is 5.75 Å². The molecule has 0 aliphatic carbocycles. The number of ether oxygens (including phenoxy) is 3. The van der Waals surface area contributed by atoms with Crippen molar-refractivity contribution in [2.45, 2.75) is 18.6 Å². The molecule has 2 aliphatic heterocycles. The number of nitrogens with zero attached hydrogens (tertiary/aromatic N) is 1. The molecule has 3 rings (SSSR count). The fourth-order valence-corrected chi connectivity index (χ4v) is 2.91. The normalized spacial score (nSPS) is 21.6. The van der Waals surface area contributed by atoms with Crippen LogP contribution in [0.4, 0.5) is 0 Å². The van der Waals surface area contributed by atoms with Gasteiger partial charge in [-0.1, -0.05) is 0 Å². The van der Waals surface area contributed by atoms with Gasteiger partial charge in [0.2, 0.25) is 0 Å². The van der Waals surface area contributed by atoms with Gasteiger partial charge in [0.05, 0.1) is 26.9 Å². The number of carbonyl (C=O) groups is 1. The van der Waals surface area contributed by atoms with Crippen LogP contribution in [0.15, 0.2) is 24.3 Å². The van der Waals surface area contributed by atoms with Gasteiger partial charge in [0.1, 0.15) is 5.75 Å². The van der Waals surface area contributed by atoms with E-state index in [0.717, 1.165) is 37.2 Å². The number of benzene rings is 1. The van der Waals surface area contributed by atoms with E-state index >= 15 is 0 Å². The summed E-state index contributed by atoms with van der Waals surface area (Å²) in [5, 5.41) is 0. The monoisotopic (exact) mass is 291 g/mol. The number of carbonyl (C=O) groups excluding carboxylic acids is 1. The van der Waals surface area contributed by atoms with E-state index in [1.807, 2.05) is 24.3 Å². The second kappa shape index (κ2) is 6.13. The highest BCUT2D eigenvalue weighted by Crippen LogP contribution is 2.31. The quantitative estimate of drug-likeness (QED) is 0.791. The lowest BCUT2D eigenvalue weighted by atomic mass is 10.0. The van der Waals surface area contributed by atoms with Crippen LogP contribution in [0, 0.1) is 0 Å². The number of rotatable bonds is 4. The van der Waals surface area contributed by atoms with Gasteiger partial charge >= 0.3 is 0 Å². The molecule has 0 amide bonds. The van der Waals surface area contributed by atoms with Gasteiger partial charge in [-0.15, -0.1) is 0 Å². The Morgan fingerprint density at radius 2 is 1.81 bits per heavy atom. The largest absolute Gasteiger partial charge is 0.497 e. The van der Waals surface area contributed by atoms with Gasteiger partial charge in [-0.25, -0.2) is 0 Å². The Kier molecular flexibility index (Phi) is 4.24. The minimum Gasteiger partial charge on any atom is -0.497 e. The molecule has 0 atom stereocenters. The first-order valence-corrected chi connectivity index (χ1v) is 7.38. The second-order valence-electron chi connectivity index (χ2n) is 5.54. The third-order valence-electron chi connectivity index (χ3n) is 4.21. The molecule has 1 spiro atoms. The van der Waals surface area contributed by atoms with Crippen LogP contribution >= 0.6 is 0 Å². The highest BCUT2D eigenvalue weighted by Gasteiger charge is 2.39. The van der Waals surface area contributed by atoms with E-state index in [1.165, 1.54) is 0 Å². The van der Waals surface area contributed by atoms with Gasteiger partial charge < -0.3 is 14.2 Å². The van der Waals surface area contributed by atoms with Gasteiger partial charge in [0.15, 0.2) is 11.6 Å². The lowest BCUT2D eigenvalue weighted by Gasteiger charge is -2.37. The molecule has 0 unspecified atom stereocenters. The fraction of sp³-hybridized carbons (Fsp3) is 0.562. The Hall–Kier alpha value is -1.43. The summed E-state index contributed by atoms with van der Waals surface area (Å²) in [6.45, 7) is 3.49. The van der Waals surface area contributed by atoms with E-state index in [-0.39, 0.29) is 11.6 Å². The molecule has 2 fully saturated rings. The highest BCUT2D eigenvalue weighted by molar-refractivity contribution is 5.97. The van der Waals surface area contributed by atoms with Crippen LogP contribution in [0.25, 0.3) is 0 Å². The predicted molar refractivity (Wildman–Crippen MR) is 77.6 cm³/mol. The summed E-state index contributed by atoms with van der Waals surface area (Å²) >= 11 is 0. The van der Waals surface area contributed by atoms with Crippen molar-refractivity contribution in [2.24, 2.45) is 0 Å². The minimum atomic E-state index is -0.375. The molecule has 0 N–H and O–H groups in total. The van der Waals surface area contributed by atoms with Crippen molar-refractivity contribution in [3.05, 3.63) is 29.8 Å². The molecule has 0 saturated carbocycles. The summed E-state index contributed by atoms with van der Waals surface area (Å²) in [5.74, 6) is 0.531. The summed E-state index contributed by atoms with van der Waals surface area (Å²) in [5.41, 5.74) is 0.726. The van der Waals surface area contributed by atoms with E-state index in [4.69, 9.17) is 14.2 Å². The van der Waals surface area contributed by atoms with Gasteiger partial charge in [-0.05, 0) is 24.3 Å². The number of ketones is 1. The van der Waals surface area contributed by atoms with Gasteiger partial charge in [-0.2, -0.15) is 0 Å². The van der Waals surface area contributed by atoms with Crippen molar-refractivity contribution in [2.75, 3.05) is 40.0 Å².